The molecule has 0 saturated heterocycles. The molecule has 0 aliphatic rings. The Morgan fingerprint density at radius 2 is 1.77 bits per heavy atom. The molecule has 2 aromatic heterocycles. The van der Waals surface area contributed by atoms with Crippen LogP contribution in [0.25, 0.3) is 16.3 Å². The molecule has 0 radical (unpaired) electrons. The third-order valence-electron chi connectivity index (χ3n) is 3.84. The van der Waals surface area contributed by atoms with Crippen LogP contribution in [0.5, 0.6) is 0 Å². The first-order chi connectivity index (χ1) is 10.8. The molecule has 22 heavy (non-hydrogen) atoms. The summed E-state index contributed by atoms with van der Waals surface area (Å²) >= 11 is 1.66. The smallest absolute Gasteiger partial charge is 0.183 e. The molecule has 0 spiro atoms. The maximum atomic E-state index is 4.70. The molecule has 3 rings (SSSR count). The van der Waals surface area contributed by atoms with Crippen LogP contribution in [-0.2, 0) is 6.42 Å². The van der Waals surface area contributed by atoms with Crippen molar-refractivity contribution in [1.29, 1.82) is 0 Å². The largest absolute Gasteiger partial charge is 0.234 e. The SMILES string of the molecule is CCCCCCCc1nn2c(-c3ccc(C)cc3)nnc2s1. The summed E-state index contributed by atoms with van der Waals surface area (Å²) in [4.78, 5) is 0.888. The van der Waals surface area contributed by atoms with Crippen LogP contribution in [0.1, 0.15) is 49.6 Å². The van der Waals surface area contributed by atoms with E-state index in [1.54, 1.807) is 11.3 Å². The van der Waals surface area contributed by atoms with Gasteiger partial charge in [-0.3, -0.25) is 0 Å². The minimum Gasteiger partial charge on any atom is -0.183 e. The number of aromatic nitrogens is 4. The van der Waals surface area contributed by atoms with Gasteiger partial charge in [0, 0.05) is 12.0 Å². The van der Waals surface area contributed by atoms with Gasteiger partial charge in [0.1, 0.15) is 5.01 Å². The van der Waals surface area contributed by atoms with Crippen LogP contribution in [0.3, 0.4) is 0 Å². The van der Waals surface area contributed by atoms with Crippen molar-refractivity contribution in [2.45, 2.75) is 52.4 Å². The van der Waals surface area contributed by atoms with Gasteiger partial charge in [-0.1, -0.05) is 73.8 Å². The molecule has 0 aliphatic carbocycles. The molecule has 3 aromatic rings. The van der Waals surface area contributed by atoms with Crippen molar-refractivity contribution < 1.29 is 0 Å². The van der Waals surface area contributed by atoms with Gasteiger partial charge in [-0.2, -0.15) is 9.61 Å². The van der Waals surface area contributed by atoms with Gasteiger partial charge in [-0.25, -0.2) is 0 Å². The van der Waals surface area contributed by atoms with Crippen molar-refractivity contribution in [1.82, 2.24) is 19.8 Å². The van der Waals surface area contributed by atoms with Crippen molar-refractivity contribution in [2.24, 2.45) is 0 Å². The Labute approximate surface area is 135 Å². The van der Waals surface area contributed by atoms with E-state index in [-0.39, 0.29) is 0 Å². The van der Waals surface area contributed by atoms with E-state index >= 15 is 0 Å². The highest BCUT2D eigenvalue weighted by Crippen LogP contribution is 2.22. The Morgan fingerprint density at radius 3 is 2.55 bits per heavy atom. The number of benzene rings is 1. The summed E-state index contributed by atoms with van der Waals surface area (Å²) in [5.74, 6) is 0.837. The van der Waals surface area contributed by atoms with Gasteiger partial charge in [0.2, 0.25) is 4.96 Å². The topological polar surface area (TPSA) is 43.1 Å². The Morgan fingerprint density at radius 1 is 1.00 bits per heavy atom. The van der Waals surface area contributed by atoms with Crippen molar-refractivity contribution >= 4 is 16.3 Å². The summed E-state index contributed by atoms with van der Waals surface area (Å²) in [7, 11) is 0. The van der Waals surface area contributed by atoms with E-state index in [2.05, 4.69) is 48.3 Å². The highest BCUT2D eigenvalue weighted by molar-refractivity contribution is 7.16. The summed E-state index contributed by atoms with van der Waals surface area (Å²) in [5.41, 5.74) is 2.31. The van der Waals surface area contributed by atoms with E-state index < -0.39 is 0 Å². The number of nitrogens with zero attached hydrogens (tertiary/aromatic N) is 4. The van der Waals surface area contributed by atoms with E-state index in [1.165, 1.54) is 37.7 Å². The second kappa shape index (κ2) is 7.01. The van der Waals surface area contributed by atoms with E-state index in [1.807, 2.05) is 4.52 Å². The summed E-state index contributed by atoms with van der Waals surface area (Å²) in [6.07, 6.45) is 7.50. The Bertz CT molecular complexity index is 727. The molecule has 1 aromatic carbocycles. The van der Waals surface area contributed by atoms with Crippen LogP contribution in [0, 0.1) is 6.92 Å². The number of fused-ring (bicyclic) bond motifs is 1. The molecule has 0 amide bonds. The lowest BCUT2D eigenvalue weighted by atomic mass is 10.1. The van der Waals surface area contributed by atoms with Crippen LogP contribution in [0.15, 0.2) is 24.3 Å². The van der Waals surface area contributed by atoms with E-state index in [9.17, 15) is 0 Å². The van der Waals surface area contributed by atoms with E-state index in [0.717, 1.165) is 27.8 Å². The molecule has 0 aliphatic heterocycles. The van der Waals surface area contributed by atoms with E-state index in [4.69, 9.17) is 5.10 Å². The fourth-order valence-electron chi connectivity index (χ4n) is 2.52. The molecule has 4 nitrogen and oxygen atoms in total. The first kappa shape index (κ1) is 15.2. The molecular weight excluding hydrogens is 292 g/mol. The third-order valence-corrected chi connectivity index (χ3v) is 4.80. The highest BCUT2D eigenvalue weighted by atomic mass is 32.1. The third kappa shape index (κ3) is 3.35. The van der Waals surface area contributed by atoms with Crippen molar-refractivity contribution in [3.05, 3.63) is 34.8 Å². The van der Waals surface area contributed by atoms with Crippen LogP contribution >= 0.6 is 11.3 Å². The average molecular weight is 314 g/mol. The minimum atomic E-state index is 0.837. The normalized spacial score (nSPS) is 11.4. The first-order valence-corrected chi connectivity index (χ1v) is 8.87. The molecule has 5 heteroatoms. The highest BCUT2D eigenvalue weighted by Gasteiger charge is 2.12. The maximum absolute atomic E-state index is 4.70. The summed E-state index contributed by atoms with van der Waals surface area (Å²) < 4.78 is 1.89. The van der Waals surface area contributed by atoms with Crippen molar-refractivity contribution in [3.63, 3.8) is 0 Å². The van der Waals surface area contributed by atoms with Crippen molar-refractivity contribution in [2.75, 3.05) is 0 Å². The molecule has 0 fully saturated rings. The second-order valence-electron chi connectivity index (χ2n) is 5.74. The fraction of sp³-hybridized carbons (Fsp3) is 0.471. The quantitative estimate of drug-likeness (QED) is 0.595. The number of aryl methyl sites for hydroxylation is 2. The zero-order valence-corrected chi connectivity index (χ0v) is 14.1. The maximum Gasteiger partial charge on any atom is 0.234 e. The van der Waals surface area contributed by atoms with Gasteiger partial charge in [0.25, 0.3) is 0 Å². The molecule has 0 unspecified atom stereocenters. The summed E-state index contributed by atoms with van der Waals surface area (Å²) in [5, 5.41) is 14.4. The molecule has 0 saturated carbocycles. The molecular formula is C17H22N4S. The van der Waals surface area contributed by atoms with Gasteiger partial charge in [0.05, 0.1) is 0 Å². The van der Waals surface area contributed by atoms with E-state index in [0.29, 0.717) is 0 Å². The monoisotopic (exact) mass is 314 g/mol. The fourth-order valence-corrected chi connectivity index (χ4v) is 3.40. The van der Waals surface area contributed by atoms with Crippen LogP contribution in [0.4, 0.5) is 0 Å². The molecule has 0 atom stereocenters. The molecule has 0 N–H and O–H groups in total. The summed E-state index contributed by atoms with van der Waals surface area (Å²) in [6.45, 7) is 4.33. The summed E-state index contributed by atoms with van der Waals surface area (Å²) in [6, 6.07) is 8.35. The molecule has 2 heterocycles. The zero-order valence-electron chi connectivity index (χ0n) is 13.2. The van der Waals surface area contributed by atoms with Crippen LogP contribution in [-0.4, -0.2) is 19.8 Å². The zero-order chi connectivity index (χ0) is 15.4. The number of rotatable bonds is 7. The number of hydrogen-bond donors (Lipinski definition) is 0. The minimum absolute atomic E-state index is 0.837. The lowest BCUT2D eigenvalue weighted by molar-refractivity contribution is 0.629. The van der Waals surface area contributed by atoms with Gasteiger partial charge in [-0.05, 0) is 13.3 Å². The lowest BCUT2D eigenvalue weighted by Crippen LogP contribution is -1.93. The predicted molar refractivity (Wildman–Crippen MR) is 91.3 cm³/mol. The van der Waals surface area contributed by atoms with Gasteiger partial charge >= 0.3 is 0 Å². The van der Waals surface area contributed by atoms with Crippen LogP contribution < -0.4 is 0 Å². The molecule has 116 valence electrons. The van der Waals surface area contributed by atoms with Gasteiger partial charge < -0.3 is 0 Å². The van der Waals surface area contributed by atoms with Gasteiger partial charge in [-0.15, -0.1) is 10.2 Å². The molecule has 0 bridgehead atoms. The Balaban J connectivity index is 1.72. The Kier molecular flexibility index (Phi) is 4.83. The second-order valence-corrected chi connectivity index (χ2v) is 6.78. The average Bonchev–Trinajstić information content (AvgIpc) is 3.08. The number of hydrogen-bond acceptors (Lipinski definition) is 4. The number of unbranched alkanes of at least 4 members (excludes halogenated alkanes) is 4. The first-order valence-electron chi connectivity index (χ1n) is 8.06. The van der Waals surface area contributed by atoms with Crippen LogP contribution in [0.2, 0.25) is 0 Å². The Hall–Kier alpha value is -1.75. The van der Waals surface area contributed by atoms with Crippen molar-refractivity contribution in [3.8, 4) is 11.4 Å². The standard InChI is InChI=1S/C17H22N4S/c1-3-4-5-6-7-8-15-20-21-16(18-19-17(21)22-15)14-11-9-13(2)10-12-14/h9-12H,3-8H2,1-2H3. The van der Waals surface area contributed by atoms with Gasteiger partial charge in [0.15, 0.2) is 5.82 Å². The lowest BCUT2D eigenvalue weighted by Gasteiger charge is -1.98. The predicted octanol–water partition coefficient (Wildman–Crippen LogP) is 4.67.